The fraction of sp³-hybridized carbons (Fsp3) is 0.176. The zero-order chi connectivity index (χ0) is 16.8. The first-order valence-electron chi connectivity index (χ1n) is 6.84. The second-order valence-electron chi connectivity index (χ2n) is 4.78. The van der Waals surface area contributed by atoms with Gasteiger partial charge in [-0.3, -0.25) is 0 Å². The minimum atomic E-state index is -1.16. The maximum Gasteiger partial charge on any atom is 0.358 e. The van der Waals surface area contributed by atoms with Crippen LogP contribution in [0.1, 0.15) is 16.7 Å². The van der Waals surface area contributed by atoms with Crippen molar-refractivity contribution in [3.8, 4) is 5.75 Å². The highest BCUT2D eigenvalue weighted by Crippen LogP contribution is 2.23. The summed E-state index contributed by atoms with van der Waals surface area (Å²) in [5.41, 5.74) is 1.88. The number of carboxylic acids is 1. The van der Waals surface area contributed by atoms with Gasteiger partial charge in [-0.1, -0.05) is 41.0 Å². The van der Waals surface area contributed by atoms with E-state index in [1.807, 2.05) is 13.0 Å². The molecule has 6 heteroatoms. The monoisotopic (exact) mass is 333 g/mol. The van der Waals surface area contributed by atoms with Crippen LogP contribution in [0.5, 0.6) is 5.75 Å². The molecule has 0 saturated heterocycles. The summed E-state index contributed by atoms with van der Waals surface area (Å²) in [6.07, 6.45) is 0. The Morgan fingerprint density at radius 3 is 2.65 bits per heavy atom. The lowest BCUT2D eigenvalue weighted by Crippen LogP contribution is -2.17. The summed E-state index contributed by atoms with van der Waals surface area (Å²) >= 11 is 5.92. The number of aliphatic carboxylic acids is 1. The molecule has 0 aliphatic heterocycles. The van der Waals surface area contributed by atoms with Gasteiger partial charge in [0, 0.05) is 10.6 Å². The molecule has 1 N–H and O–H groups in total. The molecule has 0 aliphatic rings. The lowest BCUT2D eigenvalue weighted by molar-refractivity contribution is -0.129. The minimum Gasteiger partial charge on any atom is -0.489 e. The van der Waals surface area contributed by atoms with E-state index in [0.29, 0.717) is 21.9 Å². The van der Waals surface area contributed by atoms with Crippen LogP contribution in [0.25, 0.3) is 0 Å². The molecule has 2 aromatic carbocycles. The molecule has 120 valence electrons. The van der Waals surface area contributed by atoms with Crippen LogP contribution in [0, 0.1) is 6.92 Å². The molecule has 0 unspecified atom stereocenters. The van der Waals surface area contributed by atoms with Crippen LogP contribution in [-0.2, 0) is 16.2 Å². The van der Waals surface area contributed by atoms with Gasteiger partial charge in [0.25, 0.3) is 0 Å². The molecule has 0 fully saturated rings. The van der Waals surface area contributed by atoms with Crippen LogP contribution in [0.2, 0.25) is 5.02 Å². The Hall–Kier alpha value is -2.53. The van der Waals surface area contributed by atoms with E-state index >= 15 is 0 Å². The fourth-order valence-electron chi connectivity index (χ4n) is 2.10. The molecular formula is C17H16ClNO4. The lowest BCUT2D eigenvalue weighted by atomic mass is 10.0. The van der Waals surface area contributed by atoms with Gasteiger partial charge in [0.05, 0.1) is 0 Å². The summed E-state index contributed by atoms with van der Waals surface area (Å²) in [7, 11) is 1.30. The number of hydrogen-bond donors (Lipinski definition) is 1. The molecule has 2 aromatic rings. The SMILES string of the molecule is CON=C(C(=O)O)c1ccccc1COc1ccc(Cl)cc1C. The predicted molar refractivity (Wildman–Crippen MR) is 88.1 cm³/mol. The zero-order valence-corrected chi connectivity index (χ0v) is 13.5. The van der Waals surface area contributed by atoms with Crippen molar-refractivity contribution < 1.29 is 19.5 Å². The predicted octanol–water partition coefficient (Wildman–Crippen LogP) is 3.66. The molecule has 0 bridgehead atoms. The van der Waals surface area contributed by atoms with E-state index in [-0.39, 0.29) is 12.3 Å². The Balaban J connectivity index is 2.27. The molecular weight excluding hydrogens is 318 g/mol. The standard InChI is InChI=1S/C17H16ClNO4/c1-11-9-13(18)7-8-15(11)23-10-12-5-3-4-6-14(12)16(17(20)21)19-22-2/h3-9H,10H2,1-2H3,(H,20,21). The summed E-state index contributed by atoms with van der Waals surface area (Å²) in [6, 6.07) is 12.3. The van der Waals surface area contributed by atoms with Gasteiger partial charge in [-0.2, -0.15) is 0 Å². The smallest absolute Gasteiger partial charge is 0.358 e. The van der Waals surface area contributed by atoms with Gasteiger partial charge in [-0.25, -0.2) is 4.79 Å². The quantitative estimate of drug-likeness (QED) is 0.647. The van der Waals surface area contributed by atoms with Crippen molar-refractivity contribution in [3.05, 3.63) is 64.2 Å². The van der Waals surface area contributed by atoms with E-state index in [9.17, 15) is 9.90 Å². The summed E-state index contributed by atoms with van der Waals surface area (Å²) < 4.78 is 5.78. The second-order valence-corrected chi connectivity index (χ2v) is 5.22. The number of carbonyl (C=O) groups is 1. The molecule has 5 nitrogen and oxygen atoms in total. The van der Waals surface area contributed by atoms with Crippen LogP contribution >= 0.6 is 11.6 Å². The Bertz CT molecular complexity index is 743. The number of hydrogen-bond acceptors (Lipinski definition) is 4. The number of aryl methyl sites for hydroxylation is 1. The highest BCUT2D eigenvalue weighted by atomic mass is 35.5. The number of benzene rings is 2. The van der Waals surface area contributed by atoms with Gasteiger partial charge in [-0.05, 0) is 36.2 Å². The molecule has 0 radical (unpaired) electrons. The summed E-state index contributed by atoms with van der Waals surface area (Å²) in [5.74, 6) is -0.480. The first-order valence-corrected chi connectivity index (χ1v) is 7.22. The zero-order valence-electron chi connectivity index (χ0n) is 12.7. The van der Waals surface area contributed by atoms with E-state index in [4.69, 9.17) is 16.3 Å². The van der Waals surface area contributed by atoms with Gasteiger partial charge in [0.15, 0.2) is 5.71 Å². The van der Waals surface area contributed by atoms with E-state index in [1.54, 1.807) is 36.4 Å². The van der Waals surface area contributed by atoms with Crippen LogP contribution < -0.4 is 4.74 Å². The van der Waals surface area contributed by atoms with Crippen LogP contribution in [0.3, 0.4) is 0 Å². The molecule has 0 spiro atoms. The van der Waals surface area contributed by atoms with Crippen molar-refractivity contribution in [1.29, 1.82) is 0 Å². The minimum absolute atomic E-state index is 0.167. The molecule has 2 rings (SSSR count). The maximum atomic E-state index is 11.3. The third-order valence-corrected chi connectivity index (χ3v) is 3.41. The lowest BCUT2D eigenvalue weighted by Gasteiger charge is -2.12. The Morgan fingerprint density at radius 1 is 1.26 bits per heavy atom. The normalized spacial score (nSPS) is 11.2. The maximum absolute atomic E-state index is 11.3. The van der Waals surface area contributed by atoms with Crippen molar-refractivity contribution >= 4 is 23.3 Å². The molecule has 0 aromatic heterocycles. The van der Waals surface area contributed by atoms with Crippen molar-refractivity contribution in [1.82, 2.24) is 0 Å². The molecule has 23 heavy (non-hydrogen) atoms. The topological polar surface area (TPSA) is 68.1 Å². The molecule has 0 aliphatic carbocycles. The van der Waals surface area contributed by atoms with Crippen molar-refractivity contribution in [2.45, 2.75) is 13.5 Å². The van der Waals surface area contributed by atoms with Gasteiger partial charge in [0.2, 0.25) is 0 Å². The Kier molecular flexibility index (Phi) is 5.60. The largest absolute Gasteiger partial charge is 0.489 e. The Morgan fingerprint density at radius 2 is 2.00 bits per heavy atom. The number of oxime groups is 1. The van der Waals surface area contributed by atoms with E-state index in [0.717, 1.165) is 5.56 Å². The first-order chi connectivity index (χ1) is 11.0. The number of halogens is 1. The first kappa shape index (κ1) is 16.8. The van der Waals surface area contributed by atoms with Crippen molar-refractivity contribution in [2.75, 3.05) is 7.11 Å². The summed E-state index contributed by atoms with van der Waals surface area (Å²) in [6.45, 7) is 2.09. The molecule has 0 saturated carbocycles. The van der Waals surface area contributed by atoms with Gasteiger partial charge in [0.1, 0.15) is 19.5 Å². The number of rotatable bonds is 6. The van der Waals surface area contributed by atoms with E-state index in [2.05, 4.69) is 9.99 Å². The highest BCUT2D eigenvalue weighted by molar-refractivity contribution is 6.42. The average molecular weight is 334 g/mol. The van der Waals surface area contributed by atoms with Crippen LogP contribution in [-0.4, -0.2) is 23.9 Å². The van der Waals surface area contributed by atoms with Gasteiger partial charge >= 0.3 is 5.97 Å². The number of carboxylic acid groups (broad SMARTS) is 1. The summed E-state index contributed by atoms with van der Waals surface area (Å²) in [5, 5.41) is 13.5. The second kappa shape index (κ2) is 7.65. The molecule has 0 atom stereocenters. The number of ether oxygens (including phenoxy) is 1. The van der Waals surface area contributed by atoms with Crippen molar-refractivity contribution in [2.24, 2.45) is 5.16 Å². The molecule has 0 amide bonds. The fourth-order valence-corrected chi connectivity index (χ4v) is 2.33. The average Bonchev–Trinajstić information content (AvgIpc) is 2.52. The van der Waals surface area contributed by atoms with E-state index in [1.165, 1.54) is 7.11 Å². The molecule has 0 heterocycles. The van der Waals surface area contributed by atoms with Gasteiger partial charge in [-0.15, -0.1) is 0 Å². The van der Waals surface area contributed by atoms with Crippen molar-refractivity contribution in [3.63, 3.8) is 0 Å². The van der Waals surface area contributed by atoms with Crippen LogP contribution in [0.15, 0.2) is 47.6 Å². The Labute approximate surface area is 139 Å². The van der Waals surface area contributed by atoms with Crippen LogP contribution in [0.4, 0.5) is 0 Å². The third kappa shape index (κ3) is 4.23. The van der Waals surface area contributed by atoms with E-state index < -0.39 is 5.97 Å². The highest BCUT2D eigenvalue weighted by Gasteiger charge is 2.17. The third-order valence-electron chi connectivity index (χ3n) is 3.18. The summed E-state index contributed by atoms with van der Waals surface area (Å²) in [4.78, 5) is 16.0. The van der Waals surface area contributed by atoms with Gasteiger partial charge < -0.3 is 14.7 Å². The number of nitrogens with zero attached hydrogens (tertiary/aromatic N) is 1.